The number of fused-ring (bicyclic) bond motifs is 1. The number of benzene rings is 1. The highest BCUT2D eigenvalue weighted by Gasteiger charge is 2.31. The number of carbonyl (C=O) groups is 2. The topological polar surface area (TPSA) is 117 Å². The fraction of sp³-hybridized carbons (Fsp3) is 0.400. The highest BCUT2D eigenvalue weighted by atomic mass is 32.2. The molecule has 2 heterocycles. The Balaban J connectivity index is 1.83. The second-order valence-corrected chi connectivity index (χ2v) is 7.77. The van der Waals surface area contributed by atoms with E-state index in [1.165, 1.54) is 18.4 Å². The summed E-state index contributed by atoms with van der Waals surface area (Å²) in [6.45, 7) is 2.05. The van der Waals surface area contributed by atoms with Crippen LogP contribution in [0.2, 0.25) is 0 Å². The van der Waals surface area contributed by atoms with Gasteiger partial charge in [0.15, 0.2) is 0 Å². The van der Waals surface area contributed by atoms with Gasteiger partial charge in [0.2, 0.25) is 0 Å². The number of ether oxygens (including phenoxy) is 3. The molecule has 160 valence electrons. The number of esters is 2. The van der Waals surface area contributed by atoms with Gasteiger partial charge in [-0.1, -0.05) is 30.3 Å². The van der Waals surface area contributed by atoms with Gasteiger partial charge in [-0.2, -0.15) is 0 Å². The van der Waals surface area contributed by atoms with Crippen LogP contribution in [0.4, 0.5) is 0 Å². The third kappa shape index (κ3) is 5.19. The Morgan fingerprint density at radius 3 is 2.37 bits per heavy atom. The molecule has 0 aliphatic carbocycles. The summed E-state index contributed by atoms with van der Waals surface area (Å²) in [4.78, 5) is 49.5. The van der Waals surface area contributed by atoms with Crippen molar-refractivity contribution in [2.45, 2.75) is 37.7 Å². The standard InChI is InChI=1S/C20H22N2O7S/c1-12(23)27-8-15(9-28-13(2)24)29-11-22-16-10-30-18(14-6-4-3-5-7-14)17(16)19(25)21-20(22)26/h3-7,15,18H,8-11H2,1-2H3,(H,21,25,26). The molecule has 0 bridgehead atoms. The van der Waals surface area contributed by atoms with Crippen LogP contribution in [-0.2, 0) is 36.3 Å². The van der Waals surface area contributed by atoms with E-state index in [-0.39, 0.29) is 25.2 Å². The van der Waals surface area contributed by atoms with Crippen molar-refractivity contribution in [3.8, 4) is 0 Å². The largest absolute Gasteiger partial charge is 0.463 e. The van der Waals surface area contributed by atoms with Gasteiger partial charge in [-0.25, -0.2) is 4.79 Å². The van der Waals surface area contributed by atoms with E-state index in [2.05, 4.69) is 4.98 Å². The smallest absolute Gasteiger partial charge is 0.330 e. The van der Waals surface area contributed by atoms with Crippen LogP contribution < -0.4 is 11.2 Å². The van der Waals surface area contributed by atoms with Crippen molar-refractivity contribution in [1.29, 1.82) is 0 Å². The van der Waals surface area contributed by atoms with E-state index in [1.807, 2.05) is 30.3 Å². The lowest BCUT2D eigenvalue weighted by molar-refractivity contribution is -0.155. The number of rotatable bonds is 8. The van der Waals surface area contributed by atoms with Crippen LogP contribution >= 0.6 is 11.8 Å². The van der Waals surface area contributed by atoms with Crippen LogP contribution in [0, 0.1) is 0 Å². The van der Waals surface area contributed by atoms with E-state index in [9.17, 15) is 19.2 Å². The SMILES string of the molecule is CC(=O)OCC(COC(C)=O)OCn1c2c(c(=O)[nH]c1=O)C(c1ccccc1)SC2. The Hall–Kier alpha value is -2.85. The lowest BCUT2D eigenvalue weighted by Gasteiger charge is -2.19. The monoisotopic (exact) mass is 434 g/mol. The molecule has 1 N–H and O–H groups in total. The number of carbonyl (C=O) groups excluding carboxylic acids is 2. The van der Waals surface area contributed by atoms with E-state index in [0.29, 0.717) is 17.0 Å². The third-order valence-corrected chi connectivity index (χ3v) is 5.76. The molecule has 30 heavy (non-hydrogen) atoms. The summed E-state index contributed by atoms with van der Waals surface area (Å²) >= 11 is 1.55. The maximum atomic E-state index is 12.5. The van der Waals surface area contributed by atoms with Crippen LogP contribution in [0.5, 0.6) is 0 Å². The highest BCUT2D eigenvalue weighted by Crippen LogP contribution is 2.43. The van der Waals surface area contributed by atoms with Crippen LogP contribution in [0.25, 0.3) is 0 Å². The molecule has 3 rings (SSSR count). The van der Waals surface area contributed by atoms with Crippen molar-refractivity contribution in [2.75, 3.05) is 13.2 Å². The lowest BCUT2D eigenvalue weighted by atomic mass is 10.0. The molecule has 2 aromatic rings. The number of H-pyrrole nitrogens is 1. The summed E-state index contributed by atoms with van der Waals surface area (Å²) in [5, 5.41) is -0.185. The first kappa shape index (κ1) is 21.8. The Morgan fingerprint density at radius 1 is 1.13 bits per heavy atom. The zero-order valence-electron chi connectivity index (χ0n) is 16.6. The average Bonchev–Trinajstić information content (AvgIpc) is 3.15. The van der Waals surface area contributed by atoms with Crippen molar-refractivity contribution in [1.82, 2.24) is 9.55 Å². The third-order valence-electron chi connectivity index (χ3n) is 4.48. The van der Waals surface area contributed by atoms with Crippen molar-refractivity contribution >= 4 is 23.7 Å². The minimum atomic E-state index is -0.758. The van der Waals surface area contributed by atoms with E-state index in [0.717, 1.165) is 5.56 Å². The number of nitrogens with zero attached hydrogens (tertiary/aromatic N) is 1. The van der Waals surface area contributed by atoms with Crippen LogP contribution in [-0.4, -0.2) is 40.8 Å². The molecular formula is C20H22N2O7S. The first-order valence-electron chi connectivity index (χ1n) is 9.27. The molecule has 1 aromatic heterocycles. The molecule has 0 amide bonds. The lowest BCUT2D eigenvalue weighted by Crippen LogP contribution is -2.37. The van der Waals surface area contributed by atoms with Gasteiger partial charge >= 0.3 is 17.6 Å². The van der Waals surface area contributed by atoms with Crippen molar-refractivity contribution in [3.05, 3.63) is 68.0 Å². The zero-order chi connectivity index (χ0) is 21.7. The molecule has 0 spiro atoms. The predicted octanol–water partition coefficient (Wildman–Crippen LogP) is 1.34. The van der Waals surface area contributed by atoms with E-state index in [4.69, 9.17) is 14.2 Å². The number of aromatic amines is 1. The summed E-state index contributed by atoms with van der Waals surface area (Å²) in [5.41, 5.74) is 1.07. The molecule has 1 unspecified atom stereocenters. The fourth-order valence-electron chi connectivity index (χ4n) is 3.07. The van der Waals surface area contributed by atoms with Crippen LogP contribution in [0.3, 0.4) is 0 Å². The number of thioether (sulfide) groups is 1. The van der Waals surface area contributed by atoms with Gasteiger partial charge in [-0.3, -0.25) is 23.9 Å². The number of aromatic nitrogens is 2. The summed E-state index contributed by atoms with van der Waals surface area (Å²) < 4.78 is 16.9. The van der Waals surface area contributed by atoms with Gasteiger partial charge in [0.25, 0.3) is 5.56 Å². The van der Waals surface area contributed by atoms with Gasteiger partial charge in [0.05, 0.1) is 10.8 Å². The second-order valence-electron chi connectivity index (χ2n) is 6.67. The number of nitrogens with one attached hydrogen (secondary N) is 1. The Bertz CT molecular complexity index is 1010. The summed E-state index contributed by atoms with van der Waals surface area (Å²) in [6, 6.07) is 9.57. The Kier molecular flexibility index (Phi) is 7.11. The van der Waals surface area contributed by atoms with Gasteiger partial charge in [-0.05, 0) is 5.56 Å². The molecule has 0 fully saturated rings. The molecular weight excluding hydrogens is 412 g/mol. The van der Waals surface area contributed by atoms with E-state index < -0.39 is 29.3 Å². The molecule has 10 heteroatoms. The van der Waals surface area contributed by atoms with Gasteiger partial charge in [0.1, 0.15) is 26.0 Å². The zero-order valence-corrected chi connectivity index (χ0v) is 17.4. The van der Waals surface area contributed by atoms with E-state index >= 15 is 0 Å². The first-order valence-corrected chi connectivity index (χ1v) is 10.3. The molecule has 0 saturated heterocycles. The summed E-state index contributed by atoms with van der Waals surface area (Å²) in [7, 11) is 0. The van der Waals surface area contributed by atoms with Crippen LogP contribution in [0.15, 0.2) is 39.9 Å². The number of hydrogen-bond acceptors (Lipinski definition) is 8. The molecule has 1 aliphatic heterocycles. The van der Waals surface area contributed by atoms with Gasteiger partial charge < -0.3 is 14.2 Å². The van der Waals surface area contributed by atoms with Crippen molar-refractivity contribution in [3.63, 3.8) is 0 Å². The molecule has 0 saturated carbocycles. The first-order chi connectivity index (χ1) is 14.4. The molecule has 1 aliphatic rings. The molecule has 0 radical (unpaired) electrons. The Morgan fingerprint density at radius 2 is 1.77 bits per heavy atom. The maximum Gasteiger partial charge on any atom is 0.330 e. The molecule has 9 nitrogen and oxygen atoms in total. The minimum Gasteiger partial charge on any atom is -0.463 e. The summed E-state index contributed by atoms with van der Waals surface area (Å²) in [5.74, 6) is -0.540. The quantitative estimate of drug-likeness (QED) is 0.619. The second kappa shape index (κ2) is 9.77. The molecule has 1 atom stereocenters. The van der Waals surface area contributed by atoms with Crippen molar-refractivity contribution in [2.24, 2.45) is 0 Å². The Labute approximate surface area is 176 Å². The highest BCUT2D eigenvalue weighted by molar-refractivity contribution is 7.99. The van der Waals surface area contributed by atoms with Gasteiger partial charge in [-0.15, -0.1) is 11.8 Å². The molecule has 1 aromatic carbocycles. The number of hydrogen-bond donors (Lipinski definition) is 1. The van der Waals surface area contributed by atoms with E-state index in [1.54, 1.807) is 11.8 Å². The average molecular weight is 434 g/mol. The van der Waals surface area contributed by atoms with Gasteiger partial charge in [0, 0.05) is 25.3 Å². The van der Waals surface area contributed by atoms with Crippen LogP contribution in [0.1, 0.15) is 35.9 Å². The van der Waals surface area contributed by atoms with Crippen molar-refractivity contribution < 1.29 is 23.8 Å². The maximum absolute atomic E-state index is 12.5. The minimum absolute atomic E-state index is 0.135. The predicted molar refractivity (Wildman–Crippen MR) is 109 cm³/mol. The fourth-order valence-corrected chi connectivity index (χ4v) is 4.47. The normalized spacial score (nSPS) is 15.1. The summed E-state index contributed by atoms with van der Waals surface area (Å²) in [6.07, 6.45) is -0.758.